The first-order valence-corrected chi connectivity index (χ1v) is 14.7. The smallest absolute Gasteiger partial charge is 0.243 e. The average molecular weight is 536 g/mol. The van der Waals surface area contributed by atoms with E-state index in [0.29, 0.717) is 25.1 Å². The van der Waals surface area contributed by atoms with Gasteiger partial charge in [0.25, 0.3) is 0 Å². The van der Waals surface area contributed by atoms with E-state index in [9.17, 15) is 18.0 Å². The number of amides is 2. The molecule has 0 radical (unpaired) electrons. The van der Waals surface area contributed by atoms with E-state index < -0.39 is 16.1 Å². The Kier molecular flexibility index (Phi) is 10.5. The second kappa shape index (κ2) is 13.8. The van der Waals surface area contributed by atoms with E-state index in [-0.39, 0.29) is 31.3 Å². The average Bonchev–Trinajstić information content (AvgIpc) is 2.90. The highest BCUT2D eigenvalue weighted by atomic mass is 32.2. The van der Waals surface area contributed by atoms with Crippen molar-refractivity contribution < 1.29 is 18.0 Å². The summed E-state index contributed by atoms with van der Waals surface area (Å²) in [5.41, 5.74) is 3.47. The molecule has 0 fully saturated rings. The van der Waals surface area contributed by atoms with Crippen LogP contribution in [-0.4, -0.2) is 50.5 Å². The molecule has 0 aliphatic rings. The van der Waals surface area contributed by atoms with Crippen molar-refractivity contribution in [2.45, 2.75) is 45.7 Å². The molecule has 0 aliphatic heterocycles. The van der Waals surface area contributed by atoms with Crippen LogP contribution >= 0.6 is 0 Å². The maximum Gasteiger partial charge on any atom is 0.243 e. The summed E-state index contributed by atoms with van der Waals surface area (Å²) in [6, 6.07) is 25.8. The van der Waals surface area contributed by atoms with Crippen LogP contribution < -0.4 is 9.62 Å². The Balaban J connectivity index is 1.83. The maximum atomic E-state index is 13.7. The number of nitrogens with zero attached hydrogens (tertiary/aromatic N) is 2. The van der Waals surface area contributed by atoms with Gasteiger partial charge in [-0.2, -0.15) is 0 Å². The molecule has 0 heterocycles. The second-order valence-electron chi connectivity index (χ2n) is 9.38. The molecule has 0 unspecified atom stereocenters. The Hall–Kier alpha value is -3.65. The summed E-state index contributed by atoms with van der Waals surface area (Å²) in [6.07, 6.45) is 1.97. The lowest BCUT2D eigenvalue weighted by Gasteiger charge is -2.32. The van der Waals surface area contributed by atoms with Gasteiger partial charge in [-0.1, -0.05) is 78.4 Å². The fourth-order valence-electron chi connectivity index (χ4n) is 4.34. The summed E-state index contributed by atoms with van der Waals surface area (Å²) in [4.78, 5) is 28.5. The van der Waals surface area contributed by atoms with Crippen LogP contribution in [-0.2, 0) is 32.6 Å². The van der Waals surface area contributed by atoms with Crippen LogP contribution in [0.3, 0.4) is 0 Å². The Morgan fingerprint density at radius 1 is 0.868 bits per heavy atom. The molecule has 0 spiro atoms. The third-order valence-electron chi connectivity index (χ3n) is 6.29. The number of anilines is 1. The van der Waals surface area contributed by atoms with Gasteiger partial charge in [-0.15, -0.1) is 0 Å². The molecule has 202 valence electrons. The summed E-state index contributed by atoms with van der Waals surface area (Å²) < 4.78 is 26.4. The van der Waals surface area contributed by atoms with Gasteiger partial charge in [0.2, 0.25) is 21.8 Å². The Morgan fingerprint density at radius 2 is 1.45 bits per heavy atom. The van der Waals surface area contributed by atoms with Crippen molar-refractivity contribution in [2.24, 2.45) is 0 Å². The summed E-state index contributed by atoms with van der Waals surface area (Å²) in [5, 5.41) is 2.89. The second-order valence-corrected chi connectivity index (χ2v) is 11.3. The van der Waals surface area contributed by atoms with Crippen molar-refractivity contribution >= 4 is 27.5 Å². The number of carbonyl (C=O) groups excluding carboxylic acids is 2. The van der Waals surface area contributed by atoms with Crippen molar-refractivity contribution in [3.05, 3.63) is 102 Å². The fourth-order valence-corrected chi connectivity index (χ4v) is 5.31. The highest BCUT2D eigenvalue weighted by molar-refractivity contribution is 7.92. The van der Waals surface area contributed by atoms with Crippen molar-refractivity contribution in [3.63, 3.8) is 0 Å². The van der Waals surface area contributed by atoms with Crippen LogP contribution in [0.15, 0.2) is 84.9 Å². The number of nitrogens with one attached hydrogen (secondary N) is 1. The van der Waals surface area contributed by atoms with Crippen LogP contribution in [0.2, 0.25) is 0 Å². The topological polar surface area (TPSA) is 86.8 Å². The van der Waals surface area contributed by atoms with Crippen molar-refractivity contribution in [1.29, 1.82) is 0 Å². The summed E-state index contributed by atoms with van der Waals surface area (Å²) in [7, 11) is -3.53. The molecule has 0 bridgehead atoms. The maximum absolute atomic E-state index is 13.7. The molecular weight excluding hydrogens is 498 g/mol. The van der Waals surface area contributed by atoms with Crippen molar-refractivity contribution in [3.8, 4) is 0 Å². The van der Waals surface area contributed by atoms with E-state index in [1.165, 1.54) is 10.6 Å². The molecule has 0 aromatic heterocycles. The predicted molar refractivity (Wildman–Crippen MR) is 152 cm³/mol. The fraction of sp³-hybridized carbons (Fsp3) is 0.333. The summed E-state index contributed by atoms with van der Waals surface area (Å²) in [6.45, 7) is 4.69. The zero-order valence-corrected chi connectivity index (χ0v) is 23.2. The largest absolute Gasteiger partial charge is 0.355 e. The first-order chi connectivity index (χ1) is 18.2. The van der Waals surface area contributed by atoms with Gasteiger partial charge in [0.1, 0.15) is 6.04 Å². The predicted octanol–water partition coefficient (Wildman–Crippen LogP) is 4.32. The van der Waals surface area contributed by atoms with Crippen LogP contribution in [0, 0.1) is 6.92 Å². The number of hydrogen-bond donors (Lipinski definition) is 1. The lowest BCUT2D eigenvalue weighted by Crippen LogP contribution is -2.50. The highest BCUT2D eigenvalue weighted by Gasteiger charge is 2.30. The number of carbonyl (C=O) groups is 2. The van der Waals surface area contributed by atoms with Gasteiger partial charge in [0.05, 0.1) is 11.9 Å². The molecule has 38 heavy (non-hydrogen) atoms. The number of hydrogen-bond acceptors (Lipinski definition) is 4. The third-order valence-corrected chi connectivity index (χ3v) is 7.49. The highest BCUT2D eigenvalue weighted by Crippen LogP contribution is 2.20. The van der Waals surface area contributed by atoms with E-state index in [1.54, 1.807) is 17.0 Å². The standard InChI is InChI=1S/C30H37N3O4S/c1-4-31-30(35)28(22-25-12-7-5-8-13-25)32(23-26-14-9-6-10-15-26)29(34)16-11-21-33(38(3,36)37)27-19-17-24(2)18-20-27/h5-10,12-15,17-20,28H,4,11,16,21-23H2,1-3H3,(H,31,35)/t28-/m1/s1. The molecule has 2 amide bonds. The van der Waals surface area contributed by atoms with Gasteiger partial charge in [-0.3, -0.25) is 13.9 Å². The minimum absolute atomic E-state index is 0.107. The first kappa shape index (κ1) is 28.9. The molecule has 3 aromatic carbocycles. The van der Waals surface area contributed by atoms with Gasteiger partial charge in [-0.05, 0) is 43.5 Å². The number of rotatable bonds is 13. The Labute approximate surface area is 226 Å². The van der Waals surface area contributed by atoms with Crippen LogP contribution in [0.4, 0.5) is 5.69 Å². The molecule has 0 saturated carbocycles. The monoisotopic (exact) mass is 535 g/mol. The quantitative estimate of drug-likeness (QED) is 0.353. The van der Waals surface area contributed by atoms with E-state index in [1.807, 2.05) is 86.6 Å². The summed E-state index contributed by atoms with van der Waals surface area (Å²) in [5.74, 6) is -0.406. The van der Waals surface area contributed by atoms with Crippen LogP contribution in [0.5, 0.6) is 0 Å². The van der Waals surface area contributed by atoms with E-state index >= 15 is 0 Å². The molecular formula is C30H37N3O4S. The summed E-state index contributed by atoms with van der Waals surface area (Å²) >= 11 is 0. The van der Waals surface area contributed by atoms with E-state index in [4.69, 9.17) is 0 Å². The minimum Gasteiger partial charge on any atom is -0.355 e. The Morgan fingerprint density at radius 3 is 2.00 bits per heavy atom. The van der Waals surface area contributed by atoms with E-state index in [2.05, 4.69) is 5.32 Å². The molecule has 0 saturated heterocycles. The van der Waals surface area contributed by atoms with Crippen molar-refractivity contribution in [1.82, 2.24) is 10.2 Å². The Bertz CT molecular complexity index is 1280. The van der Waals surface area contributed by atoms with Gasteiger partial charge >= 0.3 is 0 Å². The molecule has 0 aliphatic carbocycles. The first-order valence-electron chi connectivity index (χ1n) is 12.9. The molecule has 1 N–H and O–H groups in total. The molecule has 8 heteroatoms. The van der Waals surface area contributed by atoms with E-state index in [0.717, 1.165) is 16.7 Å². The number of benzene rings is 3. The zero-order valence-electron chi connectivity index (χ0n) is 22.3. The van der Waals surface area contributed by atoms with Crippen LogP contribution in [0.25, 0.3) is 0 Å². The molecule has 3 rings (SSSR count). The minimum atomic E-state index is -3.53. The molecule has 1 atom stereocenters. The number of sulfonamides is 1. The number of aryl methyl sites for hydroxylation is 1. The van der Waals surface area contributed by atoms with Crippen molar-refractivity contribution in [2.75, 3.05) is 23.7 Å². The third kappa shape index (κ3) is 8.45. The molecule has 3 aromatic rings. The number of likely N-dealkylation sites (N-methyl/N-ethyl adjacent to an activating group) is 1. The normalized spacial score (nSPS) is 12.0. The van der Waals surface area contributed by atoms with Gasteiger partial charge < -0.3 is 10.2 Å². The SMILES string of the molecule is CCNC(=O)[C@@H](Cc1ccccc1)N(Cc1ccccc1)C(=O)CCCN(c1ccc(C)cc1)S(C)(=O)=O. The van der Waals surface area contributed by atoms with Crippen LogP contribution in [0.1, 0.15) is 36.5 Å². The van der Waals surface area contributed by atoms with Gasteiger partial charge in [0, 0.05) is 32.5 Å². The lowest BCUT2D eigenvalue weighted by atomic mass is 10.0. The molecule has 7 nitrogen and oxygen atoms in total. The zero-order chi connectivity index (χ0) is 27.5. The van der Waals surface area contributed by atoms with Gasteiger partial charge in [0.15, 0.2) is 0 Å². The lowest BCUT2D eigenvalue weighted by molar-refractivity contribution is -0.141. The van der Waals surface area contributed by atoms with Gasteiger partial charge in [-0.25, -0.2) is 8.42 Å².